The molecule has 0 aliphatic carbocycles. The number of hydrogen-bond acceptors (Lipinski definition) is 4. The Morgan fingerprint density at radius 2 is 2.07 bits per heavy atom. The van der Waals surface area contributed by atoms with Crippen LogP contribution in [0.15, 0.2) is 29.4 Å². The SMILES string of the molecule is CC(N)=O.O=S(=O)(O)c1cccnc1. The van der Waals surface area contributed by atoms with Crippen LogP contribution in [0.2, 0.25) is 0 Å². The lowest BCUT2D eigenvalue weighted by Crippen LogP contribution is -2.01. The third-order valence-corrected chi connectivity index (χ3v) is 1.77. The van der Waals surface area contributed by atoms with Crippen LogP contribution < -0.4 is 5.73 Å². The maximum absolute atomic E-state index is 10.3. The number of aromatic nitrogens is 1. The first kappa shape index (κ1) is 12.5. The molecule has 3 N–H and O–H groups in total. The number of nitrogens with zero attached hydrogens (tertiary/aromatic N) is 1. The van der Waals surface area contributed by atoms with Crippen LogP contribution in [0.1, 0.15) is 6.92 Å². The van der Waals surface area contributed by atoms with Gasteiger partial charge in [-0.2, -0.15) is 8.42 Å². The predicted molar refractivity (Wildman–Crippen MR) is 48.9 cm³/mol. The van der Waals surface area contributed by atoms with Crippen molar-refractivity contribution in [3.63, 3.8) is 0 Å². The largest absolute Gasteiger partial charge is 0.370 e. The molecule has 0 spiro atoms. The second kappa shape index (κ2) is 5.30. The van der Waals surface area contributed by atoms with Gasteiger partial charge in [0.25, 0.3) is 10.1 Å². The van der Waals surface area contributed by atoms with Crippen molar-refractivity contribution in [3.05, 3.63) is 24.5 Å². The summed E-state index contributed by atoms with van der Waals surface area (Å²) in [6.07, 6.45) is 2.50. The van der Waals surface area contributed by atoms with Gasteiger partial charge in [-0.1, -0.05) is 0 Å². The molecule has 0 saturated heterocycles. The number of primary amides is 1. The van der Waals surface area contributed by atoms with E-state index in [1.807, 2.05) is 0 Å². The molecular formula is C7H10N2O4S. The Labute approximate surface area is 81.5 Å². The first-order chi connectivity index (χ1) is 6.34. The van der Waals surface area contributed by atoms with Gasteiger partial charge in [-0.3, -0.25) is 14.3 Å². The molecule has 1 aromatic rings. The smallest absolute Gasteiger partial charge is 0.296 e. The molecule has 0 aliphatic rings. The minimum Gasteiger partial charge on any atom is -0.370 e. The minimum atomic E-state index is -4.07. The lowest BCUT2D eigenvalue weighted by atomic mass is 10.5. The zero-order valence-corrected chi connectivity index (χ0v) is 8.23. The summed E-state index contributed by atoms with van der Waals surface area (Å²) in [5.74, 6) is -0.333. The van der Waals surface area contributed by atoms with Crippen LogP contribution in [-0.2, 0) is 14.9 Å². The van der Waals surface area contributed by atoms with E-state index >= 15 is 0 Å². The van der Waals surface area contributed by atoms with E-state index in [9.17, 15) is 13.2 Å². The fraction of sp³-hybridized carbons (Fsp3) is 0.143. The van der Waals surface area contributed by atoms with E-state index in [2.05, 4.69) is 10.7 Å². The van der Waals surface area contributed by atoms with Crippen molar-refractivity contribution >= 4 is 16.0 Å². The standard InChI is InChI=1S/C5H5NO3S.C2H5NO/c7-10(8,9)5-2-1-3-6-4-5;1-2(3)4/h1-4H,(H,7,8,9);1H3,(H2,3,4). The molecule has 6 nitrogen and oxygen atoms in total. The third kappa shape index (κ3) is 6.09. The fourth-order valence-corrected chi connectivity index (χ4v) is 0.944. The van der Waals surface area contributed by atoms with E-state index in [4.69, 9.17) is 4.55 Å². The molecule has 0 aromatic carbocycles. The lowest BCUT2D eigenvalue weighted by Gasteiger charge is -1.91. The molecule has 0 saturated carbocycles. The maximum atomic E-state index is 10.3. The van der Waals surface area contributed by atoms with E-state index in [0.717, 1.165) is 6.20 Å². The topological polar surface area (TPSA) is 110 Å². The highest BCUT2D eigenvalue weighted by molar-refractivity contribution is 7.85. The lowest BCUT2D eigenvalue weighted by molar-refractivity contribution is -0.115. The molecule has 0 aliphatic heterocycles. The zero-order chi connectivity index (χ0) is 11.2. The van der Waals surface area contributed by atoms with Crippen molar-refractivity contribution < 1.29 is 17.8 Å². The number of carbonyl (C=O) groups excluding carboxylic acids is 1. The van der Waals surface area contributed by atoms with Crippen LogP contribution in [-0.4, -0.2) is 23.9 Å². The number of carbonyl (C=O) groups is 1. The highest BCUT2D eigenvalue weighted by Gasteiger charge is 2.06. The Morgan fingerprint density at radius 1 is 1.57 bits per heavy atom. The van der Waals surface area contributed by atoms with Crippen molar-refractivity contribution in [2.45, 2.75) is 11.8 Å². The van der Waals surface area contributed by atoms with Gasteiger partial charge in [0.1, 0.15) is 4.90 Å². The molecule has 0 atom stereocenters. The minimum absolute atomic E-state index is 0.185. The van der Waals surface area contributed by atoms with Crippen molar-refractivity contribution in [1.29, 1.82) is 0 Å². The Bertz CT molecular complexity index is 383. The number of pyridine rings is 1. The van der Waals surface area contributed by atoms with Crippen molar-refractivity contribution in [3.8, 4) is 0 Å². The summed E-state index contributed by atoms with van der Waals surface area (Å²) in [5.41, 5.74) is 4.47. The van der Waals surface area contributed by atoms with Crippen LogP contribution in [0.25, 0.3) is 0 Å². The van der Waals surface area contributed by atoms with Gasteiger partial charge in [0, 0.05) is 19.3 Å². The summed E-state index contributed by atoms with van der Waals surface area (Å²) < 4.78 is 29.1. The molecule has 1 heterocycles. The molecule has 78 valence electrons. The van der Waals surface area contributed by atoms with Crippen LogP contribution in [0.4, 0.5) is 0 Å². The second-order valence-corrected chi connectivity index (χ2v) is 3.70. The summed E-state index contributed by atoms with van der Waals surface area (Å²) in [6, 6.07) is 2.70. The zero-order valence-electron chi connectivity index (χ0n) is 7.41. The van der Waals surface area contributed by atoms with Gasteiger partial charge in [-0.05, 0) is 12.1 Å². The van der Waals surface area contributed by atoms with Gasteiger partial charge in [0.05, 0.1) is 0 Å². The Balaban J connectivity index is 0.000000364. The van der Waals surface area contributed by atoms with Crippen molar-refractivity contribution in [1.82, 2.24) is 4.98 Å². The third-order valence-electron chi connectivity index (χ3n) is 0.932. The van der Waals surface area contributed by atoms with Gasteiger partial charge in [-0.25, -0.2) is 0 Å². The summed E-state index contributed by atoms with van der Waals surface area (Å²) in [6.45, 7) is 1.31. The number of nitrogens with two attached hydrogens (primary N) is 1. The van der Waals surface area contributed by atoms with E-state index in [0.29, 0.717) is 0 Å². The summed E-state index contributed by atoms with van der Waals surface area (Å²) >= 11 is 0. The number of amides is 1. The monoisotopic (exact) mass is 218 g/mol. The average molecular weight is 218 g/mol. The van der Waals surface area contributed by atoms with Crippen molar-refractivity contribution in [2.24, 2.45) is 5.73 Å². The highest BCUT2D eigenvalue weighted by Crippen LogP contribution is 2.03. The summed E-state index contributed by atoms with van der Waals surface area (Å²) in [5, 5.41) is 0. The molecule has 7 heteroatoms. The molecule has 14 heavy (non-hydrogen) atoms. The van der Waals surface area contributed by atoms with Gasteiger partial charge in [0.2, 0.25) is 5.91 Å². The molecule has 1 amide bonds. The van der Waals surface area contributed by atoms with Gasteiger partial charge in [0.15, 0.2) is 0 Å². The summed E-state index contributed by atoms with van der Waals surface area (Å²) in [7, 11) is -4.07. The number of rotatable bonds is 1. The van der Waals surface area contributed by atoms with E-state index in [-0.39, 0.29) is 10.8 Å². The average Bonchev–Trinajstić information content (AvgIpc) is 2.03. The van der Waals surface area contributed by atoms with E-state index in [1.54, 1.807) is 0 Å². The Hall–Kier alpha value is -1.47. The summed E-state index contributed by atoms with van der Waals surface area (Å²) in [4.78, 5) is 12.5. The van der Waals surface area contributed by atoms with Gasteiger partial charge < -0.3 is 5.73 Å². The molecule has 0 unspecified atom stereocenters. The first-order valence-corrected chi connectivity index (χ1v) is 4.91. The second-order valence-electron chi connectivity index (χ2n) is 2.27. The molecular weight excluding hydrogens is 208 g/mol. The molecule has 0 fully saturated rings. The highest BCUT2D eigenvalue weighted by atomic mass is 32.2. The first-order valence-electron chi connectivity index (χ1n) is 3.47. The Morgan fingerprint density at radius 3 is 2.29 bits per heavy atom. The molecule has 0 radical (unpaired) electrons. The van der Waals surface area contributed by atoms with Crippen molar-refractivity contribution in [2.75, 3.05) is 0 Å². The van der Waals surface area contributed by atoms with Crippen LogP contribution in [0.5, 0.6) is 0 Å². The van der Waals surface area contributed by atoms with Crippen LogP contribution >= 0.6 is 0 Å². The molecule has 1 rings (SSSR count). The van der Waals surface area contributed by atoms with Gasteiger partial charge >= 0.3 is 0 Å². The molecule has 1 aromatic heterocycles. The quantitative estimate of drug-likeness (QED) is 0.635. The predicted octanol–water partition coefficient (Wildman–Crippen LogP) is -0.180. The maximum Gasteiger partial charge on any atom is 0.296 e. The van der Waals surface area contributed by atoms with E-state index < -0.39 is 10.1 Å². The fourth-order valence-electron chi connectivity index (χ4n) is 0.500. The van der Waals surface area contributed by atoms with Crippen LogP contribution in [0.3, 0.4) is 0 Å². The molecule has 0 bridgehead atoms. The van der Waals surface area contributed by atoms with E-state index in [1.165, 1.54) is 25.3 Å². The Kier molecular flexibility index (Phi) is 4.74. The normalized spacial score (nSPS) is 9.86. The van der Waals surface area contributed by atoms with Crippen LogP contribution in [0, 0.1) is 0 Å². The van der Waals surface area contributed by atoms with Gasteiger partial charge in [-0.15, -0.1) is 0 Å². The number of hydrogen-bond donors (Lipinski definition) is 2.